The van der Waals surface area contributed by atoms with E-state index in [2.05, 4.69) is 43.4 Å². The van der Waals surface area contributed by atoms with Crippen molar-refractivity contribution in [1.29, 1.82) is 0 Å². The van der Waals surface area contributed by atoms with E-state index in [1.807, 2.05) is 0 Å². The van der Waals surface area contributed by atoms with E-state index in [0.29, 0.717) is 0 Å². The molecule has 0 spiro atoms. The van der Waals surface area contributed by atoms with E-state index < -0.39 is 0 Å². The quantitative estimate of drug-likeness (QED) is 0.618. The molecule has 0 fully saturated rings. The zero-order chi connectivity index (χ0) is 10.3. The summed E-state index contributed by atoms with van der Waals surface area (Å²) in [6.45, 7) is 10.2. The fraction of sp³-hybridized carbons (Fsp3) is 0.750. The topological polar surface area (TPSA) is 17.8 Å². The van der Waals surface area contributed by atoms with Crippen molar-refractivity contribution < 1.29 is 0 Å². The van der Waals surface area contributed by atoms with E-state index in [1.165, 1.54) is 24.4 Å². The van der Waals surface area contributed by atoms with Gasteiger partial charge in [-0.1, -0.05) is 27.7 Å². The van der Waals surface area contributed by atoms with Crippen LogP contribution in [0.1, 0.15) is 45.6 Å². The number of imidazole rings is 1. The van der Waals surface area contributed by atoms with Crippen molar-refractivity contribution in [1.82, 2.24) is 9.55 Å². The van der Waals surface area contributed by atoms with E-state index >= 15 is 0 Å². The van der Waals surface area contributed by atoms with Crippen molar-refractivity contribution in [3.05, 3.63) is 17.7 Å². The molecule has 2 heteroatoms. The first kappa shape index (κ1) is 9.75. The van der Waals surface area contributed by atoms with Crippen molar-refractivity contribution in [3.63, 3.8) is 0 Å². The van der Waals surface area contributed by atoms with Crippen LogP contribution in [0.25, 0.3) is 0 Å². The minimum atomic E-state index is 0.179. The molecule has 0 amide bonds. The van der Waals surface area contributed by atoms with Gasteiger partial charge in [-0.15, -0.1) is 0 Å². The Kier molecular flexibility index (Phi) is 2.17. The van der Waals surface area contributed by atoms with Crippen LogP contribution in [0.5, 0.6) is 0 Å². The zero-order valence-corrected chi connectivity index (χ0v) is 9.67. The van der Waals surface area contributed by atoms with Gasteiger partial charge in [0, 0.05) is 23.9 Å². The summed E-state index contributed by atoms with van der Waals surface area (Å²) in [5, 5.41) is 0. The number of rotatable bonds is 0. The van der Waals surface area contributed by atoms with Crippen LogP contribution in [0, 0.1) is 5.92 Å². The highest BCUT2D eigenvalue weighted by atomic mass is 15.1. The molecule has 1 aliphatic rings. The summed E-state index contributed by atoms with van der Waals surface area (Å²) in [6.07, 6.45) is 4.56. The average molecular weight is 192 g/mol. The van der Waals surface area contributed by atoms with E-state index in [-0.39, 0.29) is 5.41 Å². The highest BCUT2D eigenvalue weighted by molar-refractivity contribution is 5.14. The summed E-state index contributed by atoms with van der Waals surface area (Å²) in [5.74, 6) is 2.08. The predicted octanol–water partition coefficient (Wildman–Crippen LogP) is 2.76. The molecule has 1 aliphatic heterocycles. The fourth-order valence-corrected chi connectivity index (χ4v) is 2.23. The fourth-order valence-electron chi connectivity index (χ4n) is 2.23. The van der Waals surface area contributed by atoms with Gasteiger partial charge in [0.05, 0.1) is 0 Å². The van der Waals surface area contributed by atoms with Crippen LogP contribution in [0.2, 0.25) is 0 Å². The van der Waals surface area contributed by atoms with Gasteiger partial charge in [-0.2, -0.15) is 0 Å². The molecule has 0 aromatic carbocycles. The Hall–Kier alpha value is -0.790. The molecule has 1 aromatic rings. The second kappa shape index (κ2) is 3.11. The van der Waals surface area contributed by atoms with Crippen LogP contribution >= 0.6 is 0 Å². The summed E-state index contributed by atoms with van der Waals surface area (Å²) >= 11 is 0. The Labute approximate surface area is 86.3 Å². The molecular formula is C12H20N2. The van der Waals surface area contributed by atoms with Crippen LogP contribution < -0.4 is 0 Å². The lowest BCUT2D eigenvalue weighted by atomic mass is 9.94. The van der Waals surface area contributed by atoms with Gasteiger partial charge in [0.2, 0.25) is 0 Å². The lowest BCUT2D eigenvalue weighted by Gasteiger charge is -2.26. The first-order valence-corrected chi connectivity index (χ1v) is 5.53. The Morgan fingerprint density at radius 2 is 2.14 bits per heavy atom. The lowest BCUT2D eigenvalue weighted by molar-refractivity contribution is 0.388. The number of hydrogen-bond donors (Lipinski definition) is 0. The van der Waals surface area contributed by atoms with Crippen molar-refractivity contribution in [2.24, 2.45) is 5.92 Å². The highest BCUT2D eigenvalue weighted by Crippen LogP contribution is 2.27. The molecule has 0 saturated heterocycles. The van der Waals surface area contributed by atoms with Gasteiger partial charge >= 0.3 is 0 Å². The Morgan fingerprint density at radius 3 is 2.79 bits per heavy atom. The van der Waals surface area contributed by atoms with Crippen LogP contribution in [0.15, 0.2) is 6.20 Å². The molecule has 0 saturated carbocycles. The first-order valence-electron chi connectivity index (χ1n) is 5.53. The molecule has 1 atom stereocenters. The van der Waals surface area contributed by atoms with E-state index in [4.69, 9.17) is 0 Å². The van der Waals surface area contributed by atoms with Gasteiger partial charge in [0.1, 0.15) is 5.82 Å². The van der Waals surface area contributed by atoms with E-state index in [1.54, 1.807) is 0 Å². The summed E-state index contributed by atoms with van der Waals surface area (Å²) in [7, 11) is 0. The molecule has 2 rings (SSSR count). The van der Waals surface area contributed by atoms with Crippen molar-refractivity contribution in [2.45, 2.75) is 52.5 Å². The van der Waals surface area contributed by atoms with Crippen LogP contribution in [0.4, 0.5) is 0 Å². The van der Waals surface area contributed by atoms with Gasteiger partial charge in [0.15, 0.2) is 0 Å². The number of fused-ring (bicyclic) bond motifs is 1. The number of hydrogen-bond acceptors (Lipinski definition) is 1. The maximum atomic E-state index is 4.57. The third-order valence-corrected chi connectivity index (χ3v) is 3.01. The molecular weight excluding hydrogens is 172 g/mol. The van der Waals surface area contributed by atoms with Crippen molar-refractivity contribution >= 4 is 0 Å². The van der Waals surface area contributed by atoms with Gasteiger partial charge in [0.25, 0.3) is 0 Å². The predicted molar refractivity (Wildman–Crippen MR) is 58.4 cm³/mol. The molecule has 0 N–H and O–H groups in total. The standard InChI is InChI=1S/C12H20N2/c1-9-5-6-14-10(7-9)8-13-11(14)12(2,3)4/h8-9H,5-7H2,1-4H3. The minimum absolute atomic E-state index is 0.179. The zero-order valence-electron chi connectivity index (χ0n) is 9.67. The maximum absolute atomic E-state index is 4.57. The van der Waals surface area contributed by atoms with E-state index in [0.717, 1.165) is 12.5 Å². The van der Waals surface area contributed by atoms with Gasteiger partial charge in [-0.25, -0.2) is 4.98 Å². The highest BCUT2D eigenvalue weighted by Gasteiger charge is 2.25. The molecule has 1 aromatic heterocycles. The smallest absolute Gasteiger partial charge is 0.114 e. The number of aromatic nitrogens is 2. The van der Waals surface area contributed by atoms with Gasteiger partial charge in [-0.3, -0.25) is 0 Å². The first-order chi connectivity index (χ1) is 6.48. The molecule has 14 heavy (non-hydrogen) atoms. The molecule has 2 nitrogen and oxygen atoms in total. The monoisotopic (exact) mass is 192 g/mol. The van der Waals surface area contributed by atoms with E-state index in [9.17, 15) is 0 Å². The molecule has 0 radical (unpaired) electrons. The average Bonchev–Trinajstić information content (AvgIpc) is 2.45. The second-order valence-corrected chi connectivity index (χ2v) is 5.57. The third kappa shape index (κ3) is 1.58. The molecule has 1 unspecified atom stereocenters. The molecule has 0 bridgehead atoms. The van der Waals surface area contributed by atoms with Crippen LogP contribution in [-0.4, -0.2) is 9.55 Å². The van der Waals surface area contributed by atoms with Gasteiger partial charge in [-0.05, 0) is 18.8 Å². The lowest BCUT2D eigenvalue weighted by Crippen LogP contribution is -2.24. The minimum Gasteiger partial charge on any atom is -0.332 e. The summed E-state index contributed by atoms with van der Waals surface area (Å²) in [6, 6.07) is 0. The summed E-state index contributed by atoms with van der Waals surface area (Å²) in [4.78, 5) is 4.57. The van der Waals surface area contributed by atoms with Crippen molar-refractivity contribution in [2.75, 3.05) is 0 Å². The Balaban J connectivity index is 2.38. The molecule has 2 heterocycles. The van der Waals surface area contributed by atoms with Crippen LogP contribution in [0.3, 0.4) is 0 Å². The normalized spacial score (nSPS) is 22.1. The third-order valence-electron chi connectivity index (χ3n) is 3.01. The summed E-state index contributed by atoms with van der Waals surface area (Å²) < 4.78 is 2.42. The molecule has 78 valence electrons. The largest absolute Gasteiger partial charge is 0.332 e. The molecule has 0 aliphatic carbocycles. The summed E-state index contributed by atoms with van der Waals surface area (Å²) in [5.41, 5.74) is 1.60. The Bertz CT molecular complexity index is 331. The van der Waals surface area contributed by atoms with Crippen molar-refractivity contribution in [3.8, 4) is 0 Å². The SMILES string of the molecule is CC1CCn2c(cnc2C(C)(C)C)C1. The second-order valence-electron chi connectivity index (χ2n) is 5.57. The van der Waals surface area contributed by atoms with Crippen LogP contribution in [-0.2, 0) is 18.4 Å². The Morgan fingerprint density at radius 1 is 1.43 bits per heavy atom. The maximum Gasteiger partial charge on any atom is 0.114 e. The van der Waals surface area contributed by atoms with Gasteiger partial charge < -0.3 is 4.57 Å². The number of nitrogens with zero attached hydrogens (tertiary/aromatic N) is 2.